The fourth-order valence-corrected chi connectivity index (χ4v) is 2.59. The Hall–Kier alpha value is -1.31. The number of carbonyl (C=O) groups is 1. The monoisotopic (exact) mass is 231 g/mol. The van der Waals surface area contributed by atoms with Gasteiger partial charge in [0.05, 0.1) is 6.04 Å². The molecule has 0 aromatic heterocycles. The summed E-state index contributed by atoms with van der Waals surface area (Å²) in [6, 6.07) is 8.83. The molecule has 1 saturated heterocycles. The molecule has 0 aliphatic carbocycles. The first-order chi connectivity index (χ1) is 8.09. The molecule has 1 atom stereocenters. The number of likely N-dealkylation sites (tertiary alicyclic amines) is 1. The van der Waals surface area contributed by atoms with Crippen molar-refractivity contribution in [3.63, 3.8) is 0 Å². The van der Waals surface area contributed by atoms with Gasteiger partial charge in [0.2, 0.25) is 5.91 Å². The predicted octanol–water partition coefficient (Wildman–Crippen LogP) is 3.31. The number of hydrogen-bond donors (Lipinski definition) is 0. The molecule has 1 aliphatic rings. The minimum atomic E-state index is 0.0976. The average molecular weight is 231 g/mol. The Labute approximate surface area is 104 Å². The lowest BCUT2D eigenvalue weighted by Crippen LogP contribution is -2.33. The molecule has 2 nitrogen and oxygen atoms in total. The van der Waals surface area contributed by atoms with Gasteiger partial charge in [-0.2, -0.15) is 0 Å². The van der Waals surface area contributed by atoms with Crippen molar-refractivity contribution < 1.29 is 4.79 Å². The molecular weight excluding hydrogens is 210 g/mol. The number of hydrogen-bond acceptors (Lipinski definition) is 1. The molecule has 1 aromatic rings. The van der Waals surface area contributed by atoms with Crippen LogP contribution in [0, 0.1) is 12.8 Å². The second-order valence-corrected chi connectivity index (χ2v) is 5.26. The Morgan fingerprint density at radius 3 is 2.82 bits per heavy atom. The number of carbonyl (C=O) groups excluding carboxylic acids is 1. The highest BCUT2D eigenvalue weighted by molar-refractivity contribution is 5.78. The van der Waals surface area contributed by atoms with E-state index < -0.39 is 0 Å². The minimum absolute atomic E-state index is 0.0976. The van der Waals surface area contributed by atoms with E-state index in [1.807, 2.05) is 13.8 Å². The average Bonchev–Trinajstić information content (AvgIpc) is 2.76. The maximum atomic E-state index is 12.1. The zero-order valence-electron chi connectivity index (χ0n) is 10.9. The Morgan fingerprint density at radius 1 is 1.41 bits per heavy atom. The first-order valence-electron chi connectivity index (χ1n) is 6.46. The fraction of sp³-hybridized carbons (Fsp3) is 0.533. The molecule has 2 rings (SSSR count). The number of benzene rings is 1. The van der Waals surface area contributed by atoms with Crippen molar-refractivity contribution >= 4 is 5.91 Å². The number of amides is 1. The summed E-state index contributed by atoms with van der Waals surface area (Å²) >= 11 is 0. The van der Waals surface area contributed by atoms with Crippen LogP contribution in [0.2, 0.25) is 0 Å². The first-order valence-corrected chi connectivity index (χ1v) is 6.46. The largest absolute Gasteiger partial charge is 0.335 e. The van der Waals surface area contributed by atoms with Crippen LogP contribution in [0.1, 0.15) is 43.9 Å². The van der Waals surface area contributed by atoms with Gasteiger partial charge in [-0.1, -0.05) is 43.7 Å². The van der Waals surface area contributed by atoms with Gasteiger partial charge in [-0.05, 0) is 25.3 Å². The smallest absolute Gasteiger partial charge is 0.225 e. The third-order valence-electron chi connectivity index (χ3n) is 3.46. The maximum absolute atomic E-state index is 12.1. The van der Waals surface area contributed by atoms with Crippen LogP contribution >= 0.6 is 0 Å². The lowest BCUT2D eigenvalue weighted by molar-refractivity contribution is -0.135. The van der Waals surface area contributed by atoms with Gasteiger partial charge in [0.25, 0.3) is 0 Å². The van der Waals surface area contributed by atoms with Crippen LogP contribution in [0.4, 0.5) is 0 Å². The van der Waals surface area contributed by atoms with E-state index in [-0.39, 0.29) is 11.8 Å². The highest BCUT2D eigenvalue weighted by Crippen LogP contribution is 2.33. The van der Waals surface area contributed by atoms with Gasteiger partial charge in [-0.3, -0.25) is 4.79 Å². The summed E-state index contributed by atoms with van der Waals surface area (Å²) in [5, 5.41) is 0. The Balaban J connectivity index is 2.23. The third-order valence-corrected chi connectivity index (χ3v) is 3.46. The summed E-state index contributed by atoms with van der Waals surface area (Å²) in [7, 11) is 0. The first kappa shape index (κ1) is 12.2. The Kier molecular flexibility index (Phi) is 3.51. The van der Waals surface area contributed by atoms with Gasteiger partial charge >= 0.3 is 0 Å². The molecule has 0 spiro atoms. The van der Waals surface area contributed by atoms with Crippen LogP contribution in [-0.2, 0) is 4.79 Å². The maximum Gasteiger partial charge on any atom is 0.225 e. The molecule has 0 radical (unpaired) electrons. The van der Waals surface area contributed by atoms with Gasteiger partial charge in [-0.15, -0.1) is 0 Å². The molecule has 1 aromatic carbocycles. The Morgan fingerprint density at radius 2 is 2.18 bits per heavy atom. The summed E-state index contributed by atoms with van der Waals surface area (Å²) in [4.78, 5) is 14.2. The summed E-state index contributed by atoms with van der Waals surface area (Å²) in [5.74, 6) is 0.384. The van der Waals surface area contributed by atoms with Gasteiger partial charge in [-0.25, -0.2) is 0 Å². The topological polar surface area (TPSA) is 20.3 Å². The zero-order valence-corrected chi connectivity index (χ0v) is 10.9. The van der Waals surface area contributed by atoms with Crippen molar-refractivity contribution in [2.24, 2.45) is 5.92 Å². The molecule has 0 N–H and O–H groups in total. The standard InChI is InChI=1S/C15H21NO/c1-11(2)15(17)16-9-5-8-14(16)13-7-4-6-12(3)10-13/h4,6-7,10-11,14H,5,8-9H2,1-3H3/t14-/m0/s1. The van der Waals surface area contributed by atoms with E-state index in [1.54, 1.807) is 0 Å². The Bertz CT molecular complexity index is 411. The molecule has 1 amide bonds. The van der Waals surface area contributed by atoms with E-state index in [1.165, 1.54) is 11.1 Å². The molecular formula is C15H21NO. The highest BCUT2D eigenvalue weighted by Gasteiger charge is 2.30. The number of nitrogens with zero attached hydrogens (tertiary/aromatic N) is 1. The molecule has 1 fully saturated rings. The summed E-state index contributed by atoms with van der Waals surface area (Å²) in [6.45, 7) is 6.98. The van der Waals surface area contributed by atoms with Crippen molar-refractivity contribution in [1.82, 2.24) is 4.90 Å². The minimum Gasteiger partial charge on any atom is -0.335 e. The van der Waals surface area contributed by atoms with Crippen molar-refractivity contribution in [2.45, 2.75) is 39.7 Å². The SMILES string of the molecule is Cc1cccc([C@@H]2CCCN2C(=O)C(C)C)c1. The normalized spacial score (nSPS) is 20.0. The lowest BCUT2D eigenvalue weighted by Gasteiger charge is -2.27. The van der Waals surface area contributed by atoms with Crippen molar-refractivity contribution in [2.75, 3.05) is 6.54 Å². The van der Waals surface area contributed by atoms with Crippen LogP contribution in [0.5, 0.6) is 0 Å². The second kappa shape index (κ2) is 4.91. The van der Waals surface area contributed by atoms with Crippen molar-refractivity contribution in [1.29, 1.82) is 0 Å². The van der Waals surface area contributed by atoms with E-state index in [4.69, 9.17) is 0 Å². The van der Waals surface area contributed by atoms with Crippen LogP contribution < -0.4 is 0 Å². The quantitative estimate of drug-likeness (QED) is 0.764. The fourth-order valence-electron chi connectivity index (χ4n) is 2.59. The van der Waals surface area contributed by atoms with Crippen LogP contribution in [0.3, 0.4) is 0 Å². The van der Waals surface area contributed by atoms with Crippen LogP contribution in [0.25, 0.3) is 0 Å². The van der Waals surface area contributed by atoms with E-state index in [0.717, 1.165) is 19.4 Å². The predicted molar refractivity (Wildman–Crippen MR) is 69.7 cm³/mol. The molecule has 92 valence electrons. The number of aryl methyl sites for hydroxylation is 1. The van der Waals surface area contributed by atoms with Crippen LogP contribution in [-0.4, -0.2) is 17.4 Å². The van der Waals surface area contributed by atoms with Gasteiger partial charge in [0, 0.05) is 12.5 Å². The van der Waals surface area contributed by atoms with E-state index in [0.29, 0.717) is 6.04 Å². The highest BCUT2D eigenvalue weighted by atomic mass is 16.2. The molecule has 0 saturated carbocycles. The second-order valence-electron chi connectivity index (χ2n) is 5.26. The zero-order chi connectivity index (χ0) is 12.4. The van der Waals surface area contributed by atoms with Gasteiger partial charge in [0.1, 0.15) is 0 Å². The summed E-state index contributed by atoms with van der Waals surface area (Å²) in [5.41, 5.74) is 2.56. The van der Waals surface area contributed by atoms with E-state index in [2.05, 4.69) is 36.1 Å². The van der Waals surface area contributed by atoms with Crippen molar-refractivity contribution in [3.8, 4) is 0 Å². The van der Waals surface area contributed by atoms with Crippen LogP contribution in [0.15, 0.2) is 24.3 Å². The van der Waals surface area contributed by atoms with E-state index >= 15 is 0 Å². The molecule has 0 bridgehead atoms. The third kappa shape index (κ3) is 2.51. The number of rotatable bonds is 2. The lowest BCUT2D eigenvalue weighted by atomic mass is 10.0. The molecule has 1 aliphatic heterocycles. The molecule has 0 unspecified atom stereocenters. The van der Waals surface area contributed by atoms with Gasteiger partial charge in [0.15, 0.2) is 0 Å². The van der Waals surface area contributed by atoms with E-state index in [9.17, 15) is 4.79 Å². The molecule has 2 heteroatoms. The van der Waals surface area contributed by atoms with Gasteiger partial charge < -0.3 is 4.90 Å². The summed E-state index contributed by atoms with van der Waals surface area (Å²) < 4.78 is 0. The molecule has 1 heterocycles. The van der Waals surface area contributed by atoms with Crippen molar-refractivity contribution in [3.05, 3.63) is 35.4 Å². The summed E-state index contributed by atoms with van der Waals surface area (Å²) in [6.07, 6.45) is 2.22. The molecule has 17 heavy (non-hydrogen) atoms.